The van der Waals surface area contributed by atoms with Crippen molar-refractivity contribution in [2.24, 2.45) is 0 Å². The van der Waals surface area contributed by atoms with Crippen LogP contribution in [0.3, 0.4) is 0 Å². The summed E-state index contributed by atoms with van der Waals surface area (Å²) in [4.78, 5) is 9.38. The lowest BCUT2D eigenvalue weighted by Gasteiger charge is -2.38. The summed E-state index contributed by atoms with van der Waals surface area (Å²) in [6, 6.07) is 4.79. The number of aromatic nitrogens is 1. The van der Waals surface area contributed by atoms with Crippen molar-refractivity contribution in [2.75, 3.05) is 38.5 Å². The lowest BCUT2D eigenvalue weighted by molar-refractivity contribution is 0.0927. The molecule has 1 fully saturated rings. The average Bonchev–Trinajstić information content (AvgIpc) is 2.34. The Bertz CT molecular complexity index is 380. The number of nitrogens with one attached hydrogen (secondary N) is 1. The molecule has 1 aliphatic heterocycles. The first-order chi connectivity index (χ1) is 8.69. The van der Waals surface area contributed by atoms with E-state index in [-0.39, 0.29) is 0 Å². The minimum Gasteiger partial charge on any atom is -0.385 e. The highest BCUT2D eigenvalue weighted by atomic mass is 15.3. The number of hydrogen-bond donors (Lipinski definition) is 1. The molecule has 1 aromatic heterocycles. The summed E-state index contributed by atoms with van der Waals surface area (Å²) in [6.07, 6.45) is 1.90. The highest BCUT2D eigenvalue weighted by molar-refractivity contribution is 5.42. The average molecular weight is 248 g/mol. The Labute approximate surface area is 110 Å². The van der Waals surface area contributed by atoms with Gasteiger partial charge in [0.25, 0.3) is 0 Å². The molecule has 0 saturated carbocycles. The van der Waals surface area contributed by atoms with Gasteiger partial charge < -0.3 is 10.2 Å². The molecule has 2 heterocycles. The van der Waals surface area contributed by atoms with Crippen molar-refractivity contribution in [3.8, 4) is 0 Å². The number of rotatable bonds is 4. The SMILES string of the molecule is CCNc1ccnc(CN2CCN(C)CC2C)c1. The molecule has 1 aromatic rings. The Hall–Kier alpha value is -1.13. The van der Waals surface area contributed by atoms with Gasteiger partial charge in [-0.2, -0.15) is 0 Å². The molecule has 0 aromatic carbocycles. The number of anilines is 1. The molecule has 1 unspecified atom stereocenters. The summed E-state index contributed by atoms with van der Waals surface area (Å²) in [7, 11) is 2.19. The molecular weight excluding hydrogens is 224 g/mol. The van der Waals surface area contributed by atoms with Crippen LogP contribution in [0.5, 0.6) is 0 Å². The summed E-state index contributed by atoms with van der Waals surface area (Å²) in [5, 5.41) is 3.34. The van der Waals surface area contributed by atoms with Crippen molar-refractivity contribution in [2.45, 2.75) is 26.4 Å². The molecule has 1 saturated heterocycles. The number of pyridine rings is 1. The van der Waals surface area contributed by atoms with Gasteiger partial charge in [0, 0.05) is 50.6 Å². The second-order valence-electron chi connectivity index (χ2n) is 5.15. The van der Waals surface area contributed by atoms with Crippen LogP contribution in [-0.4, -0.2) is 54.1 Å². The minimum atomic E-state index is 0.605. The van der Waals surface area contributed by atoms with E-state index in [9.17, 15) is 0 Å². The van der Waals surface area contributed by atoms with Crippen molar-refractivity contribution in [3.05, 3.63) is 24.0 Å². The lowest BCUT2D eigenvalue weighted by atomic mass is 10.2. The van der Waals surface area contributed by atoms with Gasteiger partial charge in [-0.1, -0.05) is 0 Å². The van der Waals surface area contributed by atoms with Gasteiger partial charge in [0.2, 0.25) is 0 Å². The number of piperazine rings is 1. The fourth-order valence-electron chi connectivity index (χ4n) is 2.50. The third kappa shape index (κ3) is 3.43. The first-order valence-electron chi connectivity index (χ1n) is 6.80. The third-order valence-electron chi connectivity index (χ3n) is 3.53. The van der Waals surface area contributed by atoms with Crippen LogP contribution in [-0.2, 0) is 6.54 Å². The molecule has 0 spiro atoms. The fourth-order valence-corrected chi connectivity index (χ4v) is 2.50. The molecule has 4 heteroatoms. The van der Waals surface area contributed by atoms with Crippen LogP contribution in [0.2, 0.25) is 0 Å². The third-order valence-corrected chi connectivity index (χ3v) is 3.53. The van der Waals surface area contributed by atoms with Gasteiger partial charge in [-0.25, -0.2) is 0 Å². The van der Waals surface area contributed by atoms with E-state index in [4.69, 9.17) is 0 Å². The molecule has 0 radical (unpaired) electrons. The number of hydrogen-bond acceptors (Lipinski definition) is 4. The molecular formula is C14H24N4. The summed E-state index contributed by atoms with van der Waals surface area (Å²) in [6.45, 7) is 9.74. The maximum atomic E-state index is 4.47. The summed E-state index contributed by atoms with van der Waals surface area (Å²) in [5.41, 5.74) is 2.33. The Morgan fingerprint density at radius 2 is 2.28 bits per heavy atom. The van der Waals surface area contributed by atoms with Gasteiger partial charge >= 0.3 is 0 Å². The molecule has 1 atom stereocenters. The van der Waals surface area contributed by atoms with E-state index in [0.29, 0.717) is 6.04 Å². The molecule has 0 bridgehead atoms. The molecule has 4 nitrogen and oxygen atoms in total. The Morgan fingerprint density at radius 3 is 3.00 bits per heavy atom. The van der Waals surface area contributed by atoms with E-state index in [2.05, 4.69) is 47.1 Å². The minimum absolute atomic E-state index is 0.605. The largest absolute Gasteiger partial charge is 0.385 e. The standard InChI is InChI=1S/C14H24N4/c1-4-15-13-5-6-16-14(9-13)11-18-8-7-17(3)10-12(18)2/h5-6,9,12H,4,7-8,10-11H2,1-3H3,(H,15,16). The first kappa shape index (κ1) is 13.3. The summed E-state index contributed by atoms with van der Waals surface area (Å²) < 4.78 is 0. The van der Waals surface area contributed by atoms with Crippen molar-refractivity contribution in [1.82, 2.24) is 14.8 Å². The second-order valence-corrected chi connectivity index (χ2v) is 5.15. The molecule has 18 heavy (non-hydrogen) atoms. The molecule has 1 aliphatic rings. The number of likely N-dealkylation sites (N-methyl/N-ethyl adjacent to an activating group) is 1. The van der Waals surface area contributed by atoms with Gasteiger partial charge in [0.15, 0.2) is 0 Å². The quantitative estimate of drug-likeness (QED) is 0.878. The molecule has 2 rings (SSSR count). The van der Waals surface area contributed by atoms with E-state index < -0.39 is 0 Å². The van der Waals surface area contributed by atoms with Crippen molar-refractivity contribution >= 4 is 5.69 Å². The second kappa shape index (κ2) is 6.16. The maximum Gasteiger partial charge on any atom is 0.0564 e. The maximum absolute atomic E-state index is 4.47. The predicted molar refractivity (Wildman–Crippen MR) is 75.8 cm³/mol. The molecule has 100 valence electrons. The lowest BCUT2D eigenvalue weighted by Crippen LogP contribution is -2.49. The van der Waals surface area contributed by atoms with E-state index in [0.717, 1.165) is 38.4 Å². The van der Waals surface area contributed by atoms with Crippen molar-refractivity contribution in [3.63, 3.8) is 0 Å². The van der Waals surface area contributed by atoms with Gasteiger partial charge in [-0.05, 0) is 33.0 Å². The van der Waals surface area contributed by atoms with Crippen molar-refractivity contribution < 1.29 is 0 Å². The highest BCUT2D eigenvalue weighted by Crippen LogP contribution is 2.14. The topological polar surface area (TPSA) is 31.4 Å². The highest BCUT2D eigenvalue weighted by Gasteiger charge is 2.21. The van der Waals surface area contributed by atoms with E-state index >= 15 is 0 Å². The van der Waals surface area contributed by atoms with Crippen LogP contribution in [0.25, 0.3) is 0 Å². The zero-order valence-electron chi connectivity index (χ0n) is 11.7. The summed E-state index contributed by atoms with van der Waals surface area (Å²) >= 11 is 0. The van der Waals surface area contributed by atoms with Crippen LogP contribution in [0.15, 0.2) is 18.3 Å². The van der Waals surface area contributed by atoms with Crippen LogP contribution in [0.1, 0.15) is 19.5 Å². The monoisotopic (exact) mass is 248 g/mol. The van der Waals surface area contributed by atoms with Crippen LogP contribution in [0, 0.1) is 0 Å². The van der Waals surface area contributed by atoms with Crippen LogP contribution in [0.4, 0.5) is 5.69 Å². The van der Waals surface area contributed by atoms with Crippen molar-refractivity contribution in [1.29, 1.82) is 0 Å². The fraction of sp³-hybridized carbons (Fsp3) is 0.643. The number of nitrogens with zero attached hydrogens (tertiary/aromatic N) is 3. The van der Waals surface area contributed by atoms with E-state index in [1.807, 2.05) is 12.3 Å². The molecule has 0 aliphatic carbocycles. The van der Waals surface area contributed by atoms with Gasteiger partial charge in [-0.3, -0.25) is 9.88 Å². The Morgan fingerprint density at radius 1 is 1.44 bits per heavy atom. The van der Waals surface area contributed by atoms with Gasteiger partial charge in [0.05, 0.1) is 5.69 Å². The molecule has 1 N–H and O–H groups in total. The predicted octanol–water partition coefficient (Wildman–Crippen LogP) is 1.65. The Kier molecular flexibility index (Phi) is 4.55. The van der Waals surface area contributed by atoms with Crippen LogP contribution >= 0.6 is 0 Å². The first-order valence-corrected chi connectivity index (χ1v) is 6.80. The zero-order chi connectivity index (χ0) is 13.0. The smallest absolute Gasteiger partial charge is 0.0564 e. The Balaban J connectivity index is 1.98. The van der Waals surface area contributed by atoms with Gasteiger partial charge in [0.1, 0.15) is 0 Å². The summed E-state index contributed by atoms with van der Waals surface area (Å²) in [5.74, 6) is 0. The van der Waals surface area contributed by atoms with Crippen LogP contribution < -0.4 is 5.32 Å². The normalized spacial score (nSPS) is 22.1. The van der Waals surface area contributed by atoms with Gasteiger partial charge in [-0.15, -0.1) is 0 Å². The zero-order valence-corrected chi connectivity index (χ0v) is 11.7. The van der Waals surface area contributed by atoms with E-state index in [1.165, 1.54) is 5.69 Å². The molecule has 0 amide bonds. The van der Waals surface area contributed by atoms with E-state index in [1.54, 1.807) is 0 Å².